The van der Waals surface area contributed by atoms with E-state index >= 15 is 0 Å². The molecule has 1 fully saturated rings. The van der Waals surface area contributed by atoms with Crippen molar-refractivity contribution in [2.45, 2.75) is 17.4 Å². The number of carboxylic acid groups (broad SMARTS) is 1. The van der Waals surface area contributed by atoms with E-state index in [9.17, 15) is 15.0 Å². The van der Waals surface area contributed by atoms with Gasteiger partial charge in [0, 0.05) is 10.6 Å². The highest BCUT2D eigenvalue weighted by molar-refractivity contribution is 8.14. The first kappa shape index (κ1) is 16.6. The average Bonchev–Trinajstić information content (AvgIpc) is 2.74. The van der Waals surface area contributed by atoms with Crippen LogP contribution in [0.3, 0.4) is 0 Å². The second-order valence-electron chi connectivity index (χ2n) is 5.98. The largest absolute Gasteiger partial charge is 0.481 e. The summed E-state index contributed by atoms with van der Waals surface area (Å²) >= 11 is 7.37. The summed E-state index contributed by atoms with van der Waals surface area (Å²) in [4.78, 5) is 15.2. The van der Waals surface area contributed by atoms with E-state index < -0.39 is 16.9 Å². The molecular formula is C15H19ClN3O3S+. The van der Waals surface area contributed by atoms with Crippen LogP contribution in [0, 0.1) is 0 Å². The number of thioether (sulfide) groups is 1. The molecule has 3 rings (SSSR count). The van der Waals surface area contributed by atoms with Gasteiger partial charge in [-0.25, -0.2) is 14.4 Å². The lowest BCUT2D eigenvalue weighted by atomic mass is 9.95. The van der Waals surface area contributed by atoms with Gasteiger partial charge in [0.25, 0.3) is 0 Å². The van der Waals surface area contributed by atoms with E-state index in [2.05, 4.69) is 4.90 Å². The van der Waals surface area contributed by atoms with Gasteiger partial charge >= 0.3 is 11.1 Å². The minimum atomic E-state index is -1.38. The minimum Gasteiger partial charge on any atom is -0.481 e. The van der Waals surface area contributed by atoms with Gasteiger partial charge in [0.05, 0.1) is 13.5 Å². The molecule has 8 heteroatoms. The van der Waals surface area contributed by atoms with Crippen molar-refractivity contribution in [2.24, 2.45) is 0 Å². The Morgan fingerprint density at radius 3 is 2.74 bits per heavy atom. The average molecular weight is 357 g/mol. The first-order valence-corrected chi connectivity index (χ1v) is 8.49. The Bertz CT molecular complexity index is 666. The molecule has 1 saturated heterocycles. The number of carboxylic acids is 1. The fourth-order valence-electron chi connectivity index (χ4n) is 3.15. The number of amidine groups is 1. The molecule has 124 valence electrons. The molecule has 2 aliphatic heterocycles. The Morgan fingerprint density at radius 1 is 1.48 bits per heavy atom. The molecule has 2 N–H and O–H groups in total. The number of benzene rings is 1. The molecular weight excluding hydrogens is 338 g/mol. The highest BCUT2D eigenvalue weighted by atomic mass is 35.5. The highest BCUT2D eigenvalue weighted by Gasteiger charge is 2.60. The van der Waals surface area contributed by atoms with Gasteiger partial charge in [-0.15, -0.1) is 0 Å². The van der Waals surface area contributed by atoms with Crippen LogP contribution in [0.25, 0.3) is 0 Å². The number of halogens is 1. The number of rotatable bonds is 3. The molecule has 0 amide bonds. The maximum absolute atomic E-state index is 11.5. The van der Waals surface area contributed by atoms with Crippen LogP contribution in [-0.4, -0.2) is 68.4 Å². The summed E-state index contributed by atoms with van der Waals surface area (Å²) < 4.78 is 2.02. The topological polar surface area (TPSA) is 67.0 Å². The molecule has 0 bridgehead atoms. The number of fused-ring (bicyclic) bond motifs is 1. The van der Waals surface area contributed by atoms with Gasteiger partial charge in [0.2, 0.25) is 5.72 Å². The Kier molecular flexibility index (Phi) is 4.31. The minimum absolute atomic E-state index is 0.124. The van der Waals surface area contributed by atoms with Crippen molar-refractivity contribution in [1.29, 1.82) is 0 Å². The summed E-state index contributed by atoms with van der Waals surface area (Å²) in [6, 6.07) is 6.95. The van der Waals surface area contributed by atoms with Crippen molar-refractivity contribution >= 4 is 34.5 Å². The van der Waals surface area contributed by atoms with Gasteiger partial charge in [-0.3, -0.25) is 4.79 Å². The molecule has 2 aliphatic rings. The lowest BCUT2D eigenvalue weighted by Crippen LogP contribution is -2.57. The zero-order valence-electron chi connectivity index (χ0n) is 12.9. The van der Waals surface area contributed by atoms with Gasteiger partial charge in [-0.2, -0.15) is 0 Å². The highest BCUT2D eigenvalue weighted by Crippen LogP contribution is 2.47. The van der Waals surface area contributed by atoms with Gasteiger partial charge in [0.1, 0.15) is 18.6 Å². The predicted octanol–water partition coefficient (Wildman–Crippen LogP) is 1.24. The predicted molar refractivity (Wildman–Crippen MR) is 89.5 cm³/mol. The van der Waals surface area contributed by atoms with Crippen molar-refractivity contribution in [3.8, 4) is 0 Å². The lowest BCUT2D eigenvalue weighted by molar-refractivity contribution is -0.533. The van der Waals surface area contributed by atoms with Gasteiger partial charge in [0.15, 0.2) is 0 Å². The van der Waals surface area contributed by atoms with Crippen molar-refractivity contribution in [3.05, 3.63) is 34.9 Å². The lowest BCUT2D eigenvalue weighted by Gasteiger charge is -2.36. The number of aliphatic hydroxyl groups is 1. The van der Waals surface area contributed by atoms with E-state index in [1.54, 1.807) is 24.3 Å². The number of carbonyl (C=O) groups is 1. The summed E-state index contributed by atoms with van der Waals surface area (Å²) in [6.07, 6.45) is -0.124. The number of hydrogen-bond donors (Lipinski definition) is 2. The summed E-state index contributed by atoms with van der Waals surface area (Å²) in [5, 5.41) is 21.7. The molecule has 0 spiro atoms. The molecule has 0 aromatic heterocycles. The van der Waals surface area contributed by atoms with Crippen molar-refractivity contribution in [1.82, 2.24) is 9.80 Å². The van der Waals surface area contributed by atoms with Crippen LogP contribution in [0.5, 0.6) is 0 Å². The third-order valence-electron chi connectivity index (χ3n) is 4.13. The fraction of sp³-hybridized carbons (Fsp3) is 0.467. The Balaban J connectivity index is 2.09. The SMILES string of the molecule is CN1CN2C(=[N+](C)C1)SC(CC(=O)O)C2(O)c1ccc(Cl)cc1. The summed E-state index contributed by atoms with van der Waals surface area (Å²) in [6.45, 7) is 1.26. The van der Waals surface area contributed by atoms with Crippen LogP contribution in [0.2, 0.25) is 5.02 Å². The number of nitrogens with zero attached hydrogens (tertiary/aromatic N) is 3. The molecule has 6 nitrogen and oxygen atoms in total. The molecule has 1 aromatic rings. The maximum Gasteiger partial charge on any atom is 0.313 e. The quantitative estimate of drug-likeness (QED) is 0.794. The van der Waals surface area contributed by atoms with Crippen LogP contribution in [0.4, 0.5) is 0 Å². The molecule has 2 unspecified atom stereocenters. The Morgan fingerprint density at radius 2 is 2.13 bits per heavy atom. The van der Waals surface area contributed by atoms with Gasteiger partial charge < -0.3 is 10.2 Å². The van der Waals surface area contributed by atoms with Crippen molar-refractivity contribution in [2.75, 3.05) is 27.4 Å². The maximum atomic E-state index is 11.5. The first-order chi connectivity index (χ1) is 10.8. The van der Waals surface area contributed by atoms with E-state index in [-0.39, 0.29) is 6.42 Å². The Labute approximate surface area is 144 Å². The number of aliphatic carboxylic acids is 1. The smallest absolute Gasteiger partial charge is 0.313 e. The third kappa shape index (κ3) is 2.82. The van der Waals surface area contributed by atoms with Gasteiger partial charge in [-0.1, -0.05) is 23.7 Å². The molecule has 23 heavy (non-hydrogen) atoms. The zero-order chi connectivity index (χ0) is 16.8. The molecule has 2 atom stereocenters. The van der Waals surface area contributed by atoms with Crippen molar-refractivity contribution < 1.29 is 19.6 Å². The second kappa shape index (κ2) is 5.98. The van der Waals surface area contributed by atoms with E-state index in [1.165, 1.54) is 11.8 Å². The van der Waals surface area contributed by atoms with Crippen LogP contribution in [-0.2, 0) is 10.5 Å². The molecule has 0 aliphatic carbocycles. The third-order valence-corrected chi connectivity index (χ3v) is 5.91. The molecule has 2 heterocycles. The Hall–Kier alpha value is -1.28. The fourth-order valence-corrected chi connectivity index (χ4v) is 4.74. The van der Waals surface area contributed by atoms with E-state index in [1.807, 2.05) is 23.6 Å². The normalized spacial score (nSPS) is 28.2. The molecule has 0 saturated carbocycles. The van der Waals surface area contributed by atoms with Crippen molar-refractivity contribution in [3.63, 3.8) is 0 Å². The molecule has 0 radical (unpaired) electrons. The van der Waals surface area contributed by atoms with Crippen LogP contribution < -0.4 is 0 Å². The van der Waals surface area contributed by atoms with E-state index in [0.29, 0.717) is 17.3 Å². The van der Waals surface area contributed by atoms with E-state index in [0.717, 1.165) is 11.8 Å². The summed E-state index contributed by atoms with van der Waals surface area (Å²) in [5.74, 6) is -0.925. The summed E-state index contributed by atoms with van der Waals surface area (Å²) in [5.41, 5.74) is -0.731. The van der Waals surface area contributed by atoms with Crippen LogP contribution >= 0.6 is 23.4 Å². The van der Waals surface area contributed by atoms with Gasteiger partial charge in [-0.05, 0) is 30.9 Å². The second-order valence-corrected chi connectivity index (χ2v) is 7.59. The standard InChI is InChI=1S/C15H18ClN3O3S/c1-17-8-18(2)14-19(9-17)15(22,12(23-14)7-13(20)21)10-3-5-11(16)6-4-10/h3-6,12,22H,7-9H2,1-2H3/p+1. The monoisotopic (exact) mass is 356 g/mol. The summed E-state index contributed by atoms with van der Waals surface area (Å²) in [7, 11) is 3.90. The van der Waals surface area contributed by atoms with Crippen LogP contribution in [0.15, 0.2) is 24.3 Å². The first-order valence-electron chi connectivity index (χ1n) is 7.23. The molecule has 1 aromatic carbocycles. The van der Waals surface area contributed by atoms with E-state index in [4.69, 9.17) is 11.6 Å². The number of hydrogen-bond acceptors (Lipinski definition) is 5. The van der Waals surface area contributed by atoms with Crippen LogP contribution in [0.1, 0.15) is 12.0 Å². The zero-order valence-corrected chi connectivity index (χ0v) is 14.5.